The van der Waals surface area contributed by atoms with Crippen molar-refractivity contribution in [3.05, 3.63) is 29.8 Å². The van der Waals surface area contributed by atoms with Gasteiger partial charge in [-0.1, -0.05) is 24.0 Å². The zero-order valence-electron chi connectivity index (χ0n) is 11.1. The number of rotatable bonds is 4. The van der Waals surface area contributed by atoms with Gasteiger partial charge < -0.3 is 14.6 Å². The van der Waals surface area contributed by atoms with E-state index in [9.17, 15) is 0 Å². The molecule has 1 aliphatic heterocycles. The SMILES string of the molecule is OCCC#Cc1ccccc1OCC1CCCCO1. The number of hydrogen-bond acceptors (Lipinski definition) is 3. The first-order valence-electron chi connectivity index (χ1n) is 6.83. The lowest BCUT2D eigenvalue weighted by Gasteiger charge is -2.22. The molecule has 0 aliphatic carbocycles. The Morgan fingerprint density at radius 3 is 3.00 bits per heavy atom. The average molecular weight is 260 g/mol. The maximum absolute atomic E-state index is 8.74. The van der Waals surface area contributed by atoms with E-state index in [4.69, 9.17) is 14.6 Å². The van der Waals surface area contributed by atoms with Crippen LogP contribution in [0, 0.1) is 11.8 Å². The van der Waals surface area contributed by atoms with Gasteiger partial charge in [0.1, 0.15) is 12.4 Å². The number of aliphatic hydroxyl groups is 1. The molecule has 1 saturated heterocycles. The Hall–Kier alpha value is -1.50. The Balaban J connectivity index is 1.93. The van der Waals surface area contributed by atoms with Crippen LogP contribution in [-0.2, 0) is 4.74 Å². The number of aliphatic hydroxyl groups excluding tert-OH is 1. The van der Waals surface area contributed by atoms with E-state index in [1.165, 1.54) is 6.42 Å². The first kappa shape index (κ1) is 13.9. The van der Waals surface area contributed by atoms with Gasteiger partial charge in [0.15, 0.2) is 0 Å². The first-order chi connectivity index (χ1) is 9.40. The van der Waals surface area contributed by atoms with Gasteiger partial charge in [0.25, 0.3) is 0 Å². The molecule has 19 heavy (non-hydrogen) atoms. The van der Waals surface area contributed by atoms with Crippen LogP contribution < -0.4 is 4.74 Å². The van der Waals surface area contributed by atoms with Gasteiger partial charge in [-0.3, -0.25) is 0 Å². The van der Waals surface area contributed by atoms with Crippen LogP contribution >= 0.6 is 0 Å². The van der Waals surface area contributed by atoms with Crippen molar-refractivity contribution in [2.45, 2.75) is 31.8 Å². The lowest BCUT2D eigenvalue weighted by molar-refractivity contribution is -0.0111. The minimum absolute atomic E-state index is 0.0892. The minimum atomic E-state index is 0.0892. The molecule has 0 amide bonds. The molecular weight excluding hydrogens is 240 g/mol. The summed E-state index contributed by atoms with van der Waals surface area (Å²) >= 11 is 0. The summed E-state index contributed by atoms with van der Waals surface area (Å²) in [6.07, 6.45) is 4.12. The van der Waals surface area contributed by atoms with Crippen molar-refractivity contribution in [2.75, 3.05) is 19.8 Å². The molecule has 1 heterocycles. The molecule has 1 aromatic rings. The molecule has 2 rings (SSSR count). The second-order valence-corrected chi connectivity index (χ2v) is 4.57. The van der Waals surface area contributed by atoms with E-state index in [1.54, 1.807) is 0 Å². The summed E-state index contributed by atoms with van der Waals surface area (Å²) in [6.45, 7) is 1.51. The molecule has 0 bridgehead atoms. The van der Waals surface area contributed by atoms with Crippen molar-refractivity contribution in [1.29, 1.82) is 0 Å². The highest BCUT2D eigenvalue weighted by atomic mass is 16.5. The van der Waals surface area contributed by atoms with Gasteiger partial charge >= 0.3 is 0 Å². The predicted octanol–water partition coefficient (Wildman–Crippen LogP) is 2.37. The molecule has 3 nitrogen and oxygen atoms in total. The zero-order valence-corrected chi connectivity index (χ0v) is 11.1. The molecule has 1 N–H and O–H groups in total. The minimum Gasteiger partial charge on any atom is -0.490 e. The molecule has 1 aliphatic rings. The summed E-state index contributed by atoms with van der Waals surface area (Å²) < 4.78 is 11.5. The fraction of sp³-hybridized carbons (Fsp3) is 0.500. The van der Waals surface area contributed by atoms with Crippen LogP contribution in [0.4, 0.5) is 0 Å². The Kier molecular flexibility index (Phi) is 5.74. The summed E-state index contributed by atoms with van der Waals surface area (Å²) in [5.41, 5.74) is 0.867. The van der Waals surface area contributed by atoms with E-state index in [-0.39, 0.29) is 12.7 Å². The van der Waals surface area contributed by atoms with Crippen LogP contribution in [0.2, 0.25) is 0 Å². The van der Waals surface area contributed by atoms with Crippen LogP contribution in [0.15, 0.2) is 24.3 Å². The molecule has 102 valence electrons. The maximum Gasteiger partial charge on any atom is 0.135 e. The Morgan fingerprint density at radius 1 is 1.32 bits per heavy atom. The predicted molar refractivity (Wildman–Crippen MR) is 74.1 cm³/mol. The third-order valence-electron chi connectivity index (χ3n) is 3.05. The zero-order chi connectivity index (χ0) is 13.3. The van der Waals surface area contributed by atoms with E-state index in [1.807, 2.05) is 24.3 Å². The monoisotopic (exact) mass is 260 g/mol. The van der Waals surface area contributed by atoms with Crippen LogP contribution in [0.5, 0.6) is 5.75 Å². The van der Waals surface area contributed by atoms with Crippen molar-refractivity contribution in [1.82, 2.24) is 0 Å². The molecular formula is C16H20O3. The van der Waals surface area contributed by atoms with Gasteiger partial charge in [-0.2, -0.15) is 0 Å². The van der Waals surface area contributed by atoms with E-state index in [0.29, 0.717) is 13.0 Å². The van der Waals surface area contributed by atoms with E-state index < -0.39 is 0 Å². The molecule has 1 aromatic carbocycles. The topological polar surface area (TPSA) is 38.7 Å². The molecule has 0 saturated carbocycles. The number of para-hydroxylation sites is 1. The van der Waals surface area contributed by atoms with Gasteiger partial charge in [-0.25, -0.2) is 0 Å². The molecule has 1 unspecified atom stereocenters. The standard InChI is InChI=1S/C16H20O3/c17-11-5-3-8-14-7-1-2-10-16(14)19-13-15-9-4-6-12-18-15/h1-2,7,10,15,17H,4-6,9,11-13H2. The van der Waals surface area contributed by atoms with Crippen LogP contribution in [0.25, 0.3) is 0 Å². The highest BCUT2D eigenvalue weighted by molar-refractivity contribution is 5.45. The van der Waals surface area contributed by atoms with E-state index in [0.717, 1.165) is 30.8 Å². The molecule has 1 fully saturated rings. The molecule has 0 radical (unpaired) electrons. The normalized spacial score (nSPS) is 18.5. The van der Waals surface area contributed by atoms with E-state index >= 15 is 0 Å². The maximum atomic E-state index is 8.74. The van der Waals surface area contributed by atoms with Gasteiger partial charge in [0.2, 0.25) is 0 Å². The number of hydrogen-bond donors (Lipinski definition) is 1. The smallest absolute Gasteiger partial charge is 0.135 e. The van der Waals surface area contributed by atoms with Crippen LogP contribution in [-0.4, -0.2) is 31.0 Å². The van der Waals surface area contributed by atoms with Crippen molar-refractivity contribution < 1.29 is 14.6 Å². The highest BCUT2D eigenvalue weighted by Crippen LogP contribution is 2.19. The fourth-order valence-corrected chi connectivity index (χ4v) is 2.03. The van der Waals surface area contributed by atoms with Crippen molar-refractivity contribution in [3.63, 3.8) is 0 Å². The van der Waals surface area contributed by atoms with Gasteiger partial charge in [0, 0.05) is 13.0 Å². The van der Waals surface area contributed by atoms with Gasteiger partial charge in [0.05, 0.1) is 18.3 Å². The second-order valence-electron chi connectivity index (χ2n) is 4.57. The number of benzene rings is 1. The quantitative estimate of drug-likeness (QED) is 0.845. The van der Waals surface area contributed by atoms with Crippen molar-refractivity contribution in [3.8, 4) is 17.6 Å². The third-order valence-corrected chi connectivity index (χ3v) is 3.05. The average Bonchev–Trinajstić information content (AvgIpc) is 2.48. The molecule has 0 spiro atoms. The van der Waals surface area contributed by atoms with Gasteiger partial charge in [-0.05, 0) is 31.4 Å². The molecule has 3 heteroatoms. The lowest BCUT2D eigenvalue weighted by Crippen LogP contribution is -2.25. The largest absolute Gasteiger partial charge is 0.490 e. The number of ether oxygens (including phenoxy) is 2. The van der Waals surface area contributed by atoms with Crippen molar-refractivity contribution in [2.24, 2.45) is 0 Å². The lowest BCUT2D eigenvalue weighted by atomic mass is 10.1. The van der Waals surface area contributed by atoms with E-state index in [2.05, 4.69) is 11.8 Å². The van der Waals surface area contributed by atoms with Gasteiger partial charge in [-0.15, -0.1) is 0 Å². The Bertz CT molecular complexity index is 439. The first-order valence-corrected chi connectivity index (χ1v) is 6.83. The van der Waals surface area contributed by atoms with Crippen molar-refractivity contribution >= 4 is 0 Å². The van der Waals surface area contributed by atoms with Crippen LogP contribution in [0.1, 0.15) is 31.2 Å². The third kappa shape index (κ3) is 4.59. The summed E-state index contributed by atoms with van der Waals surface area (Å²) in [5.74, 6) is 6.74. The fourth-order valence-electron chi connectivity index (χ4n) is 2.03. The van der Waals surface area contributed by atoms with Crippen LogP contribution in [0.3, 0.4) is 0 Å². The Morgan fingerprint density at radius 2 is 2.21 bits per heavy atom. The summed E-state index contributed by atoms with van der Waals surface area (Å²) in [4.78, 5) is 0. The summed E-state index contributed by atoms with van der Waals surface area (Å²) in [5, 5.41) is 8.74. The summed E-state index contributed by atoms with van der Waals surface area (Å²) in [6, 6.07) is 7.73. The molecule has 0 aromatic heterocycles. The summed E-state index contributed by atoms with van der Waals surface area (Å²) in [7, 11) is 0. The Labute approximate surface area is 114 Å². The molecule has 1 atom stereocenters. The second kappa shape index (κ2) is 7.83. The highest BCUT2D eigenvalue weighted by Gasteiger charge is 2.14.